The van der Waals surface area contributed by atoms with E-state index in [9.17, 15) is 13.2 Å². The molecule has 1 aromatic carbocycles. The average molecular weight is 448 g/mol. The number of sulfonamides is 1. The van der Waals surface area contributed by atoms with E-state index in [0.717, 1.165) is 45.2 Å². The number of amides is 1. The first-order chi connectivity index (χ1) is 14.8. The first kappa shape index (κ1) is 22.7. The van der Waals surface area contributed by atoms with Gasteiger partial charge in [0.1, 0.15) is 0 Å². The maximum absolute atomic E-state index is 13.2. The summed E-state index contributed by atoms with van der Waals surface area (Å²) in [6, 6.07) is 6.44. The molecule has 6 nitrogen and oxygen atoms in total. The van der Waals surface area contributed by atoms with Crippen molar-refractivity contribution in [2.75, 3.05) is 26.2 Å². The van der Waals surface area contributed by atoms with E-state index in [0.29, 0.717) is 36.9 Å². The van der Waals surface area contributed by atoms with Crippen LogP contribution >= 0.6 is 0 Å². The fraction of sp³-hybridized carbons (Fsp3) is 0.708. The van der Waals surface area contributed by atoms with Crippen LogP contribution in [0.4, 0.5) is 0 Å². The zero-order valence-electron chi connectivity index (χ0n) is 19.0. The van der Waals surface area contributed by atoms with Gasteiger partial charge < -0.3 is 10.2 Å². The van der Waals surface area contributed by atoms with Gasteiger partial charge in [0.25, 0.3) is 0 Å². The van der Waals surface area contributed by atoms with Crippen LogP contribution in [0.5, 0.6) is 0 Å². The molecule has 0 bridgehead atoms. The SMILES string of the molecule is CC(C)N1CCC(NC(=O)C2CCN(S(=O)(=O)c3ccc4c(c3)CCCC4)CC2)CC1. The summed E-state index contributed by atoms with van der Waals surface area (Å²) in [4.78, 5) is 15.6. The van der Waals surface area contributed by atoms with E-state index in [1.165, 1.54) is 17.5 Å². The van der Waals surface area contributed by atoms with E-state index in [-0.39, 0.29) is 17.9 Å². The quantitative estimate of drug-likeness (QED) is 0.753. The van der Waals surface area contributed by atoms with Crippen molar-refractivity contribution in [3.8, 4) is 0 Å². The minimum absolute atomic E-state index is 0.0851. The molecule has 0 radical (unpaired) electrons. The van der Waals surface area contributed by atoms with Gasteiger partial charge in [0.05, 0.1) is 4.90 Å². The maximum atomic E-state index is 13.2. The van der Waals surface area contributed by atoms with Gasteiger partial charge in [-0.2, -0.15) is 4.31 Å². The third-order valence-corrected chi connectivity index (χ3v) is 9.28. The highest BCUT2D eigenvalue weighted by Gasteiger charge is 2.33. The van der Waals surface area contributed by atoms with Gasteiger partial charge in [0, 0.05) is 44.2 Å². The molecule has 0 saturated carbocycles. The number of hydrogen-bond acceptors (Lipinski definition) is 4. The third-order valence-electron chi connectivity index (χ3n) is 7.39. The molecule has 2 saturated heterocycles. The largest absolute Gasteiger partial charge is 0.353 e. The summed E-state index contributed by atoms with van der Waals surface area (Å²) in [6.45, 7) is 7.32. The van der Waals surface area contributed by atoms with Gasteiger partial charge in [-0.3, -0.25) is 4.79 Å². The van der Waals surface area contributed by atoms with Gasteiger partial charge in [-0.05, 0) is 88.5 Å². The molecule has 0 spiro atoms. The Kier molecular flexibility index (Phi) is 7.04. The van der Waals surface area contributed by atoms with Crippen LogP contribution in [-0.2, 0) is 27.7 Å². The third kappa shape index (κ3) is 5.15. The Bertz CT molecular complexity index is 883. The Morgan fingerprint density at radius 2 is 1.61 bits per heavy atom. The van der Waals surface area contributed by atoms with Crippen molar-refractivity contribution in [2.45, 2.75) is 82.2 Å². The van der Waals surface area contributed by atoms with Crippen molar-refractivity contribution in [2.24, 2.45) is 5.92 Å². The molecule has 1 amide bonds. The van der Waals surface area contributed by atoms with E-state index in [1.54, 1.807) is 10.4 Å². The Morgan fingerprint density at radius 3 is 2.26 bits per heavy atom. The molecule has 1 aromatic rings. The lowest BCUT2D eigenvalue weighted by molar-refractivity contribution is -0.127. The summed E-state index contributed by atoms with van der Waals surface area (Å²) in [7, 11) is -3.49. The van der Waals surface area contributed by atoms with Crippen molar-refractivity contribution in [1.82, 2.24) is 14.5 Å². The molecule has 0 aromatic heterocycles. The van der Waals surface area contributed by atoms with Crippen LogP contribution in [0.1, 0.15) is 63.5 Å². The number of likely N-dealkylation sites (tertiary alicyclic amines) is 1. The summed E-state index contributed by atoms with van der Waals surface area (Å²) < 4.78 is 27.9. The average Bonchev–Trinajstić information content (AvgIpc) is 2.79. The van der Waals surface area contributed by atoms with Crippen molar-refractivity contribution >= 4 is 15.9 Å². The number of benzene rings is 1. The number of carbonyl (C=O) groups excluding carboxylic acids is 1. The molecule has 2 heterocycles. The zero-order chi connectivity index (χ0) is 22.0. The summed E-state index contributed by atoms with van der Waals surface area (Å²) in [6.07, 6.45) is 7.52. The lowest BCUT2D eigenvalue weighted by atomic mass is 9.92. The summed E-state index contributed by atoms with van der Waals surface area (Å²) in [5, 5.41) is 3.23. The van der Waals surface area contributed by atoms with Gasteiger partial charge in [0.15, 0.2) is 0 Å². The predicted octanol–water partition coefficient (Wildman–Crippen LogP) is 2.96. The molecule has 7 heteroatoms. The molecule has 172 valence electrons. The molecule has 31 heavy (non-hydrogen) atoms. The summed E-state index contributed by atoms with van der Waals surface area (Å²) >= 11 is 0. The predicted molar refractivity (Wildman–Crippen MR) is 122 cm³/mol. The Balaban J connectivity index is 1.30. The number of hydrogen-bond donors (Lipinski definition) is 1. The molecule has 0 atom stereocenters. The van der Waals surface area contributed by atoms with E-state index in [4.69, 9.17) is 0 Å². The fourth-order valence-electron chi connectivity index (χ4n) is 5.26. The highest BCUT2D eigenvalue weighted by Crippen LogP contribution is 2.28. The molecule has 3 aliphatic rings. The van der Waals surface area contributed by atoms with Gasteiger partial charge in [0.2, 0.25) is 15.9 Å². The zero-order valence-corrected chi connectivity index (χ0v) is 19.8. The van der Waals surface area contributed by atoms with Crippen LogP contribution < -0.4 is 5.32 Å². The van der Waals surface area contributed by atoms with Crippen molar-refractivity contribution in [3.63, 3.8) is 0 Å². The van der Waals surface area contributed by atoms with E-state index >= 15 is 0 Å². The molecule has 4 rings (SSSR count). The van der Waals surface area contributed by atoms with Gasteiger partial charge in [-0.15, -0.1) is 0 Å². The number of rotatable bonds is 5. The van der Waals surface area contributed by atoms with Gasteiger partial charge in [-0.25, -0.2) is 8.42 Å². The number of fused-ring (bicyclic) bond motifs is 1. The highest BCUT2D eigenvalue weighted by atomic mass is 32.2. The number of piperidine rings is 2. The van der Waals surface area contributed by atoms with Crippen LogP contribution in [0, 0.1) is 5.92 Å². The molecule has 1 aliphatic carbocycles. The first-order valence-corrected chi connectivity index (χ1v) is 13.4. The van der Waals surface area contributed by atoms with Crippen LogP contribution in [0.25, 0.3) is 0 Å². The number of nitrogens with one attached hydrogen (secondary N) is 1. The van der Waals surface area contributed by atoms with E-state index in [2.05, 4.69) is 24.1 Å². The highest BCUT2D eigenvalue weighted by molar-refractivity contribution is 7.89. The number of carbonyl (C=O) groups is 1. The van der Waals surface area contributed by atoms with Crippen molar-refractivity contribution in [3.05, 3.63) is 29.3 Å². The van der Waals surface area contributed by atoms with Gasteiger partial charge >= 0.3 is 0 Å². The Labute approximate surface area is 187 Å². The minimum Gasteiger partial charge on any atom is -0.353 e. The van der Waals surface area contributed by atoms with Crippen molar-refractivity contribution in [1.29, 1.82) is 0 Å². The smallest absolute Gasteiger partial charge is 0.243 e. The van der Waals surface area contributed by atoms with Crippen LogP contribution in [-0.4, -0.2) is 61.8 Å². The monoisotopic (exact) mass is 447 g/mol. The second kappa shape index (κ2) is 9.59. The Hall–Kier alpha value is -1.44. The molecular formula is C24H37N3O3S. The fourth-order valence-corrected chi connectivity index (χ4v) is 6.78. The lowest BCUT2D eigenvalue weighted by Gasteiger charge is -2.36. The second-order valence-electron chi connectivity index (χ2n) is 9.73. The molecule has 1 N–H and O–H groups in total. The lowest BCUT2D eigenvalue weighted by Crippen LogP contribution is -2.49. The standard InChI is InChI=1S/C24H37N3O3S/c1-18(2)26-13-11-22(12-14-26)25-24(28)20-9-15-27(16-10-20)31(29,30)23-8-7-19-5-3-4-6-21(19)17-23/h7-8,17-18,20,22H,3-6,9-16H2,1-2H3,(H,25,28). The number of nitrogens with zero attached hydrogens (tertiary/aromatic N) is 2. The molecule has 2 aliphatic heterocycles. The minimum atomic E-state index is -3.49. The molecule has 0 unspecified atom stereocenters. The van der Waals surface area contributed by atoms with Gasteiger partial charge in [-0.1, -0.05) is 6.07 Å². The van der Waals surface area contributed by atoms with Crippen molar-refractivity contribution < 1.29 is 13.2 Å². The summed E-state index contributed by atoms with van der Waals surface area (Å²) in [5.74, 6) is 0.0203. The first-order valence-electron chi connectivity index (χ1n) is 12.0. The van der Waals surface area contributed by atoms with Crippen LogP contribution in [0.3, 0.4) is 0 Å². The number of aryl methyl sites for hydroxylation is 2. The molecular weight excluding hydrogens is 410 g/mol. The van der Waals surface area contributed by atoms with E-state index < -0.39 is 10.0 Å². The molecule has 2 fully saturated rings. The summed E-state index contributed by atoms with van der Waals surface area (Å²) in [5.41, 5.74) is 2.48. The Morgan fingerprint density at radius 1 is 0.968 bits per heavy atom. The van der Waals surface area contributed by atoms with E-state index in [1.807, 2.05) is 12.1 Å². The maximum Gasteiger partial charge on any atom is 0.243 e. The second-order valence-corrected chi connectivity index (χ2v) is 11.7. The normalized spacial score (nSPS) is 22.4. The topological polar surface area (TPSA) is 69.7 Å². The van der Waals surface area contributed by atoms with Crippen LogP contribution in [0.2, 0.25) is 0 Å². The van der Waals surface area contributed by atoms with Crippen LogP contribution in [0.15, 0.2) is 23.1 Å².